The summed E-state index contributed by atoms with van der Waals surface area (Å²) in [6, 6.07) is 7.94. The van der Waals surface area contributed by atoms with Crippen molar-refractivity contribution in [2.45, 2.75) is 32.2 Å². The van der Waals surface area contributed by atoms with Gasteiger partial charge in [-0.15, -0.1) is 0 Å². The summed E-state index contributed by atoms with van der Waals surface area (Å²) in [6.45, 7) is 4.34. The number of hydrogen-bond donors (Lipinski definition) is 1. The van der Waals surface area contributed by atoms with E-state index in [4.69, 9.17) is 9.15 Å². The Hall–Kier alpha value is -2.87. The van der Waals surface area contributed by atoms with Crippen molar-refractivity contribution in [2.24, 2.45) is 0 Å². The quantitative estimate of drug-likeness (QED) is 0.549. The molecule has 2 heterocycles. The molecule has 0 radical (unpaired) electrons. The molecule has 1 aromatic heterocycles. The summed E-state index contributed by atoms with van der Waals surface area (Å²) < 4.78 is 10.8. The summed E-state index contributed by atoms with van der Waals surface area (Å²) in [6.07, 6.45) is 5.08. The number of carbonyl (C=O) groups is 1. The highest BCUT2D eigenvalue weighted by Crippen LogP contribution is 2.28. The van der Waals surface area contributed by atoms with Gasteiger partial charge in [0.1, 0.15) is 5.76 Å². The lowest BCUT2D eigenvalue weighted by Gasteiger charge is -2.33. The van der Waals surface area contributed by atoms with Crippen LogP contribution in [-0.4, -0.2) is 42.0 Å². The van der Waals surface area contributed by atoms with Crippen molar-refractivity contribution in [1.82, 2.24) is 10.2 Å². The smallest absolute Gasteiger partial charge is 0.311 e. The van der Waals surface area contributed by atoms with Crippen LogP contribution in [0.5, 0.6) is 5.75 Å². The molecular weight excluding hydrogens is 362 g/mol. The van der Waals surface area contributed by atoms with Crippen LogP contribution in [0.25, 0.3) is 0 Å². The van der Waals surface area contributed by atoms with E-state index in [0.29, 0.717) is 13.2 Å². The van der Waals surface area contributed by atoms with Crippen molar-refractivity contribution in [3.63, 3.8) is 0 Å². The van der Waals surface area contributed by atoms with E-state index >= 15 is 0 Å². The number of ether oxygens (including phenoxy) is 1. The minimum atomic E-state index is -0.541. The molecule has 8 nitrogen and oxygen atoms in total. The number of rotatable bonds is 8. The predicted octanol–water partition coefficient (Wildman–Crippen LogP) is 3.54. The zero-order chi connectivity index (χ0) is 19.9. The Morgan fingerprint density at radius 2 is 2.11 bits per heavy atom. The number of likely N-dealkylation sites (tertiary alicyclic amines) is 1. The van der Waals surface area contributed by atoms with Crippen molar-refractivity contribution >= 4 is 11.6 Å². The fourth-order valence-electron chi connectivity index (χ4n) is 3.49. The minimum absolute atomic E-state index is 0.0584. The van der Waals surface area contributed by atoms with Crippen LogP contribution in [0.1, 0.15) is 48.3 Å². The van der Waals surface area contributed by atoms with Crippen molar-refractivity contribution in [3.8, 4) is 5.75 Å². The second-order valence-electron chi connectivity index (χ2n) is 6.71. The maximum atomic E-state index is 12.6. The van der Waals surface area contributed by atoms with E-state index in [1.165, 1.54) is 24.6 Å². The van der Waals surface area contributed by atoms with E-state index in [-0.39, 0.29) is 28.9 Å². The van der Waals surface area contributed by atoms with Crippen LogP contribution in [0.2, 0.25) is 0 Å². The Balaban J connectivity index is 1.72. The first-order chi connectivity index (χ1) is 13.6. The Morgan fingerprint density at radius 3 is 2.75 bits per heavy atom. The number of nitrogens with zero attached hydrogens (tertiary/aromatic N) is 2. The molecule has 1 aliphatic heterocycles. The summed E-state index contributed by atoms with van der Waals surface area (Å²) in [4.78, 5) is 25.7. The molecule has 0 spiro atoms. The number of piperidine rings is 1. The van der Waals surface area contributed by atoms with E-state index in [1.807, 2.05) is 12.1 Å². The lowest BCUT2D eigenvalue weighted by Crippen LogP contribution is -2.40. The van der Waals surface area contributed by atoms with Crippen molar-refractivity contribution < 1.29 is 18.9 Å². The summed E-state index contributed by atoms with van der Waals surface area (Å²) in [7, 11) is 0. The second kappa shape index (κ2) is 9.36. The Bertz CT molecular complexity index is 800. The molecule has 1 N–H and O–H groups in total. The molecular formula is C20H25N3O5. The van der Waals surface area contributed by atoms with Crippen LogP contribution < -0.4 is 10.1 Å². The SMILES string of the molecule is CCOc1ccc(C(=O)NCC(c2ccco2)N2CCCCC2)cc1[N+](=O)[O-]. The molecule has 0 saturated carbocycles. The largest absolute Gasteiger partial charge is 0.487 e. The molecule has 28 heavy (non-hydrogen) atoms. The molecule has 1 fully saturated rings. The maximum absolute atomic E-state index is 12.6. The average molecular weight is 387 g/mol. The molecule has 1 aliphatic rings. The van der Waals surface area contributed by atoms with Crippen molar-refractivity contribution in [2.75, 3.05) is 26.2 Å². The van der Waals surface area contributed by atoms with Crippen LogP contribution in [0.15, 0.2) is 41.0 Å². The number of benzene rings is 1. The third-order valence-corrected chi connectivity index (χ3v) is 4.88. The molecule has 8 heteroatoms. The van der Waals surface area contributed by atoms with Crippen LogP contribution in [0.3, 0.4) is 0 Å². The van der Waals surface area contributed by atoms with Crippen LogP contribution in [0.4, 0.5) is 5.69 Å². The topological polar surface area (TPSA) is 97.8 Å². The number of nitrogens with one attached hydrogen (secondary N) is 1. The van der Waals surface area contributed by atoms with Gasteiger partial charge in [-0.25, -0.2) is 0 Å². The van der Waals surface area contributed by atoms with E-state index in [2.05, 4.69) is 10.2 Å². The highest BCUT2D eigenvalue weighted by Gasteiger charge is 2.25. The average Bonchev–Trinajstić information content (AvgIpc) is 3.23. The second-order valence-corrected chi connectivity index (χ2v) is 6.71. The number of amides is 1. The molecule has 0 bridgehead atoms. The van der Waals surface area contributed by atoms with E-state index in [9.17, 15) is 14.9 Å². The van der Waals surface area contributed by atoms with Gasteiger partial charge in [-0.3, -0.25) is 19.8 Å². The monoisotopic (exact) mass is 387 g/mol. The van der Waals surface area contributed by atoms with E-state index < -0.39 is 4.92 Å². The predicted molar refractivity (Wildman–Crippen MR) is 103 cm³/mol. The number of hydrogen-bond acceptors (Lipinski definition) is 6. The zero-order valence-electron chi connectivity index (χ0n) is 15.9. The Labute approximate surface area is 163 Å². The molecule has 0 aliphatic carbocycles. The molecule has 1 amide bonds. The molecule has 2 aromatic rings. The first-order valence-electron chi connectivity index (χ1n) is 9.57. The van der Waals surface area contributed by atoms with Gasteiger partial charge in [0, 0.05) is 18.2 Å². The first kappa shape index (κ1) is 19.9. The third-order valence-electron chi connectivity index (χ3n) is 4.88. The summed E-state index contributed by atoms with van der Waals surface area (Å²) in [5, 5.41) is 14.2. The maximum Gasteiger partial charge on any atom is 0.311 e. The van der Waals surface area contributed by atoms with E-state index in [0.717, 1.165) is 31.7 Å². The molecule has 1 saturated heterocycles. The van der Waals surface area contributed by atoms with Gasteiger partial charge >= 0.3 is 5.69 Å². The lowest BCUT2D eigenvalue weighted by atomic mass is 10.1. The fraction of sp³-hybridized carbons (Fsp3) is 0.450. The normalized spacial score (nSPS) is 15.8. The minimum Gasteiger partial charge on any atom is -0.487 e. The Morgan fingerprint density at radius 1 is 1.32 bits per heavy atom. The van der Waals surface area contributed by atoms with Gasteiger partial charge in [-0.05, 0) is 57.1 Å². The number of nitro groups is 1. The zero-order valence-corrected chi connectivity index (χ0v) is 15.9. The van der Waals surface area contributed by atoms with Gasteiger partial charge in [0.2, 0.25) is 0 Å². The molecule has 3 rings (SSSR count). The molecule has 1 atom stereocenters. The van der Waals surface area contributed by atoms with Gasteiger partial charge < -0.3 is 14.5 Å². The van der Waals surface area contributed by atoms with Gasteiger partial charge in [-0.1, -0.05) is 6.42 Å². The third kappa shape index (κ3) is 4.69. The van der Waals surface area contributed by atoms with Crippen LogP contribution in [0, 0.1) is 10.1 Å². The van der Waals surface area contributed by atoms with Gasteiger partial charge in [0.05, 0.1) is 23.8 Å². The first-order valence-corrected chi connectivity index (χ1v) is 9.57. The summed E-state index contributed by atoms with van der Waals surface area (Å²) in [5.41, 5.74) is 0.0140. The molecule has 150 valence electrons. The van der Waals surface area contributed by atoms with Crippen molar-refractivity contribution in [1.29, 1.82) is 0 Å². The highest BCUT2D eigenvalue weighted by atomic mass is 16.6. The van der Waals surface area contributed by atoms with Crippen LogP contribution in [-0.2, 0) is 0 Å². The van der Waals surface area contributed by atoms with Gasteiger partial charge in [-0.2, -0.15) is 0 Å². The van der Waals surface area contributed by atoms with Gasteiger partial charge in [0.25, 0.3) is 5.91 Å². The summed E-state index contributed by atoms with van der Waals surface area (Å²) >= 11 is 0. The molecule has 1 unspecified atom stereocenters. The molecule has 1 aromatic carbocycles. The van der Waals surface area contributed by atoms with Gasteiger partial charge in [0.15, 0.2) is 5.75 Å². The van der Waals surface area contributed by atoms with Crippen LogP contribution >= 0.6 is 0 Å². The fourth-order valence-corrected chi connectivity index (χ4v) is 3.49. The highest BCUT2D eigenvalue weighted by molar-refractivity contribution is 5.95. The van der Waals surface area contributed by atoms with E-state index in [1.54, 1.807) is 13.2 Å². The number of carbonyl (C=O) groups excluding carboxylic acids is 1. The number of furan rings is 1. The Kier molecular flexibility index (Phi) is 6.65. The standard InChI is InChI=1S/C20H25N3O5/c1-2-27-19-9-8-15(13-16(19)23(25)26)20(24)21-14-17(18-7-6-12-28-18)22-10-4-3-5-11-22/h6-9,12-13,17H,2-5,10-11,14H2,1H3,(H,21,24). The summed E-state index contributed by atoms with van der Waals surface area (Å²) in [5.74, 6) is 0.602. The number of nitro benzene ring substituents is 1. The van der Waals surface area contributed by atoms with Crippen molar-refractivity contribution in [3.05, 3.63) is 58.0 Å². The lowest BCUT2D eigenvalue weighted by molar-refractivity contribution is -0.385.